The molecule has 0 atom stereocenters. The van der Waals surface area contributed by atoms with E-state index in [0.29, 0.717) is 11.6 Å². The molecule has 4 heterocycles. The zero-order chi connectivity index (χ0) is 26.0. The molecule has 2 aromatic heterocycles. The number of rotatable bonds is 5. The van der Waals surface area contributed by atoms with Crippen molar-refractivity contribution in [1.82, 2.24) is 24.8 Å². The molecule has 0 radical (unpaired) electrons. The number of amides is 1. The van der Waals surface area contributed by atoms with Crippen LogP contribution in [0.5, 0.6) is 0 Å². The average Bonchev–Trinajstić information content (AvgIpc) is 2.91. The Balaban J connectivity index is 1.24. The average molecular weight is 564 g/mol. The summed E-state index contributed by atoms with van der Waals surface area (Å²) in [5.41, 5.74) is 3.47. The van der Waals surface area contributed by atoms with Gasteiger partial charge in [-0.1, -0.05) is 18.2 Å². The number of halogens is 1. The SMILES string of the molecule is Cc1ncnc(C)c1C(=O)N1CCC(C)(N2CCC(N(c3ccccc3)c3ccc(Br)cn3)CC2)CC1. The maximum Gasteiger partial charge on any atom is 0.257 e. The van der Waals surface area contributed by atoms with Crippen molar-refractivity contribution in [1.29, 1.82) is 0 Å². The van der Waals surface area contributed by atoms with Gasteiger partial charge in [-0.3, -0.25) is 9.69 Å². The number of para-hydroxylation sites is 1. The van der Waals surface area contributed by atoms with E-state index in [1.54, 1.807) is 0 Å². The molecule has 0 spiro atoms. The number of carbonyl (C=O) groups excluding carboxylic acids is 1. The second-order valence-corrected chi connectivity index (χ2v) is 11.4. The molecule has 5 rings (SSSR count). The second kappa shape index (κ2) is 10.9. The first-order valence-electron chi connectivity index (χ1n) is 13.1. The van der Waals surface area contributed by atoms with Crippen molar-refractivity contribution in [3.8, 4) is 0 Å². The second-order valence-electron chi connectivity index (χ2n) is 10.5. The molecule has 0 N–H and O–H groups in total. The number of benzene rings is 1. The van der Waals surface area contributed by atoms with Gasteiger partial charge in [-0.05, 0) is 86.6 Å². The molecule has 0 saturated carbocycles. The van der Waals surface area contributed by atoms with Gasteiger partial charge >= 0.3 is 0 Å². The van der Waals surface area contributed by atoms with Gasteiger partial charge < -0.3 is 9.80 Å². The first-order chi connectivity index (χ1) is 17.9. The van der Waals surface area contributed by atoms with Crippen LogP contribution >= 0.6 is 15.9 Å². The molecule has 8 heteroatoms. The normalized spacial score (nSPS) is 18.5. The van der Waals surface area contributed by atoms with E-state index in [9.17, 15) is 4.79 Å². The molecule has 3 aromatic rings. The summed E-state index contributed by atoms with van der Waals surface area (Å²) in [7, 11) is 0. The molecular formula is C29H35BrN6O. The van der Waals surface area contributed by atoms with E-state index in [2.05, 4.69) is 85.1 Å². The summed E-state index contributed by atoms with van der Waals surface area (Å²) in [5.74, 6) is 1.05. The van der Waals surface area contributed by atoms with Crippen LogP contribution < -0.4 is 4.90 Å². The molecular weight excluding hydrogens is 528 g/mol. The van der Waals surface area contributed by atoms with Crippen molar-refractivity contribution in [2.75, 3.05) is 31.1 Å². The molecule has 37 heavy (non-hydrogen) atoms. The highest BCUT2D eigenvalue weighted by Gasteiger charge is 2.40. The van der Waals surface area contributed by atoms with Crippen LogP contribution in [0.15, 0.2) is 59.5 Å². The molecule has 0 bridgehead atoms. The molecule has 2 saturated heterocycles. The number of carbonyl (C=O) groups is 1. The van der Waals surface area contributed by atoms with Gasteiger partial charge in [-0.2, -0.15) is 0 Å². The van der Waals surface area contributed by atoms with Gasteiger partial charge in [-0.15, -0.1) is 0 Å². The van der Waals surface area contributed by atoms with E-state index >= 15 is 0 Å². The number of anilines is 2. The summed E-state index contributed by atoms with van der Waals surface area (Å²) in [5, 5.41) is 0. The lowest BCUT2D eigenvalue weighted by Gasteiger charge is -2.50. The Morgan fingerprint density at radius 3 is 2.19 bits per heavy atom. The zero-order valence-electron chi connectivity index (χ0n) is 21.9. The minimum absolute atomic E-state index is 0.0665. The fourth-order valence-corrected chi connectivity index (χ4v) is 6.10. The Kier molecular flexibility index (Phi) is 7.58. The number of nitrogens with zero attached hydrogens (tertiary/aromatic N) is 6. The number of piperidine rings is 2. The third-order valence-corrected chi connectivity index (χ3v) is 8.62. The lowest BCUT2D eigenvalue weighted by molar-refractivity contribution is 0.0176. The van der Waals surface area contributed by atoms with Gasteiger partial charge in [0.1, 0.15) is 12.1 Å². The maximum atomic E-state index is 13.3. The highest BCUT2D eigenvalue weighted by atomic mass is 79.9. The Bertz CT molecular complexity index is 1200. The van der Waals surface area contributed by atoms with E-state index in [1.165, 1.54) is 12.0 Å². The molecule has 0 unspecified atom stereocenters. The van der Waals surface area contributed by atoms with Crippen LogP contribution in [0.2, 0.25) is 0 Å². The van der Waals surface area contributed by atoms with Crippen LogP contribution in [0.3, 0.4) is 0 Å². The highest BCUT2D eigenvalue weighted by molar-refractivity contribution is 9.10. The molecule has 2 fully saturated rings. The predicted octanol–water partition coefficient (Wildman–Crippen LogP) is 5.55. The molecule has 2 aliphatic rings. The number of hydrogen-bond donors (Lipinski definition) is 0. The molecule has 2 aliphatic heterocycles. The standard InChI is InChI=1S/C29H35BrN6O/c1-21-27(22(2)33-20-32-21)28(37)34-17-13-29(3,14-18-34)35-15-11-25(12-16-35)36(24-7-5-4-6-8-24)26-10-9-23(30)19-31-26/h4-10,19-20,25H,11-18H2,1-3H3. The van der Waals surface area contributed by atoms with Crippen LogP contribution in [-0.2, 0) is 0 Å². The maximum absolute atomic E-state index is 13.3. The van der Waals surface area contributed by atoms with Crippen LogP contribution in [0.4, 0.5) is 11.5 Å². The lowest BCUT2D eigenvalue weighted by atomic mass is 9.85. The summed E-state index contributed by atoms with van der Waals surface area (Å²) < 4.78 is 0.988. The van der Waals surface area contributed by atoms with Gasteiger partial charge in [-0.25, -0.2) is 15.0 Å². The first-order valence-corrected chi connectivity index (χ1v) is 13.9. The predicted molar refractivity (Wildman–Crippen MR) is 150 cm³/mol. The van der Waals surface area contributed by atoms with Crippen LogP contribution in [0, 0.1) is 13.8 Å². The van der Waals surface area contributed by atoms with Crippen molar-refractivity contribution in [2.24, 2.45) is 0 Å². The number of pyridine rings is 1. The summed E-state index contributed by atoms with van der Waals surface area (Å²) >= 11 is 3.52. The van der Waals surface area contributed by atoms with Gasteiger partial charge in [0.05, 0.1) is 17.0 Å². The van der Waals surface area contributed by atoms with E-state index in [-0.39, 0.29) is 11.4 Å². The lowest BCUT2D eigenvalue weighted by Crippen LogP contribution is -2.58. The highest BCUT2D eigenvalue weighted by Crippen LogP contribution is 2.36. The minimum atomic E-state index is 0.0665. The quantitative estimate of drug-likeness (QED) is 0.406. The Morgan fingerprint density at radius 1 is 0.946 bits per heavy atom. The summed E-state index contributed by atoms with van der Waals surface area (Å²) in [6, 6.07) is 15.1. The number of aromatic nitrogens is 3. The minimum Gasteiger partial charge on any atom is -0.338 e. The fourth-order valence-electron chi connectivity index (χ4n) is 5.86. The first kappa shape index (κ1) is 25.8. The summed E-state index contributed by atoms with van der Waals surface area (Å²) in [6.45, 7) is 9.78. The van der Waals surface area contributed by atoms with Crippen molar-refractivity contribution in [3.05, 3.63) is 76.4 Å². The van der Waals surface area contributed by atoms with Crippen molar-refractivity contribution in [3.63, 3.8) is 0 Å². The molecule has 1 amide bonds. The van der Waals surface area contributed by atoms with Crippen molar-refractivity contribution in [2.45, 2.75) is 58.0 Å². The molecule has 7 nitrogen and oxygen atoms in total. The molecule has 1 aromatic carbocycles. The van der Waals surface area contributed by atoms with E-state index in [0.717, 1.165) is 73.5 Å². The van der Waals surface area contributed by atoms with E-state index in [1.807, 2.05) is 24.9 Å². The van der Waals surface area contributed by atoms with Gasteiger partial charge in [0.15, 0.2) is 0 Å². The topological polar surface area (TPSA) is 65.5 Å². The Morgan fingerprint density at radius 2 is 1.59 bits per heavy atom. The number of aryl methyl sites for hydroxylation is 2. The van der Waals surface area contributed by atoms with Crippen molar-refractivity contribution < 1.29 is 4.79 Å². The van der Waals surface area contributed by atoms with Crippen LogP contribution in [0.1, 0.15) is 54.4 Å². The van der Waals surface area contributed by atoms with Crippen LogP contribution in [0.25, 0.3) is 0 Å². The monoisotopic (exact) mass is 562 g/mol. The molecule has 0 aliphatic carbocycles. The Hall–Kier alpha value is -2.84. The summed E-state index contributed by atoms with van der Waals surface area (Å²) in [4.78, 5) is 33.5. The third kappa shape index (κ3) is 5.41. The van der Waals surface area contributed by atoms with E-state index in [4.69, 9.17) is 4.98 Å². The van der Waals surface area contributed by atoms with Crippen LogP contribution in [-0.4, -0.2) is 68.4 Å². The fraction of sp³-hybridized carbons (Fsp3) is 0.448. The number of hydrogen-bond acceptors (Lipinski definition) is 6. The van der Waals surface area contributed by atoms with Crippen molar-refractivity contribution >= 4 is 33.3 Å². The Labute approximate surface area is 228 Å². The summed E-state index contributed by atoms with van der Waals surface area (Å²) in [6.07, 6.45) is 7.51. The van der Waals surface area contributed by atoms with E-state index < -0.39 is 0 Å². The molecule has 194 valence electrons. The largest absolute Gasteiger partial charge is 0.338 e. The van der Waals surface area contributed by atoms with Gasteiger partial charge in [0.2, 0.25) is 0 Å². The zero-order valence-corrected chi connectivity index (χ0v) is 23.5. The smallest absolute Gasteiger partial charge is 0.257 e. The van der Waals surface area contributed by atoms with Gasteiger partial charge in [0.25, 0.3) is 5.91 Å². The van der Waals surface area contributed by atoms with Gasteiger partial charge in [0, 0.05) is 54.1 Å². The number of likely N-dealkylation sites (tertiary alicyclic amines) is 2. The third-order valence-electron chi connectivity index (χ3n) is 8.15.